The van der Waals surface area contributed by atoms with Crippen LogP contribution < -0.4 is 0 Å². The van der Waals surface area contributed by atoms with Crippen LogP contribution in [0.15, 0.2) is 24.8 Å². The lowest BCUT2D eigenvalue weighted by atomic mass is 10.1. The highest BCUT2D eigenvalue weighted by atomic mass is 32.2. The summed E-state index contributed by atoms with van der Waals surface area (Å²) in [4.78, 5) is 11.0. The van der Waals surface area contributed by atoms with Gasteiger partial charge in [-0.1, -0.05) is 19.1 Å². The molecule has 0 aliphatic carbocycles. The molecule has 0 aliphatic rings. The number of hydrogen-bond acceptors (Lipinski definition) is 3. The van der Waals surface area contributed by atoms with Gasteiger partial charge in [-0.15, -0.1) is 6.58 Å². The molecule has 0 heterocycles. The Labute approximate surface area is 90.4 Å². The third-order valence-electron chi connectivity index (χ3n) is 1.87. The molecule has 3 heteroatoms. The summed E-state index contributed by atoms with van der Waals surface area (Å²) >= 11 is 1.70. The van der Waals surface area contributed by atoms with Crippen molar-refractivity contribution in [1.82, 2.24) is 0 Å². The van der Waals surface area contributed by atoms with Gasteiger partial charge in [0.2, 0.25) is 0 Å². The fourth-order valence-corrected chi connectivity index (χ4v) is 1.74. The lowest BCUT2D eigenvalue weighted by Gasteiger charge is -2.14. The Balaban J connectivity index is 4.16. The van der Waals surface area contributed by atoms with E-state index in [-0.39, 0.29) is 11.2 Å². The minimum absolute atomic E-state index is 0.275. The Hall–Kier alpha value is -0.700. The first kappa shape index (κ1) is 13.3. The summed E-state index contributed by atoms with van der Waals surface area (Å²) in [5, 5.41) is 0.289. The van der Waals surface area contributed by atoms with Crippen LogP contribution in [0, 0.1) is 5.92 Å². The first-order valence-electron chi connectivity index (χ1n) is 4.66. The van der Waals surface area contributed by atoms with Gasteiger partial charge in [-0.3, -0.25) is 0 Å². The summed E-state index contributed by atoms with van der Waals surface area (Å²) in [6.45, 7) is 8.02. The van der Waals surface area contributed by atoms with E-state index in [1.54, 1.807) is 18.7 Å². The monoisotopic (exact) mass is 214 g/mol. The second-order valence-electron chi connectivity index (χ2n) is 2.91. The zero-order valence-electron chi connectivity index (χ0n) is 9.03. The average molecular weight is 214 g/mol. The van der Waals surface area contributed by atoms with Gasteiger partial charge in [0.1, 0.15) is 0 Å². The lowest BCUT2D eigenvalue weighted by Crippen LogP contribution is -2.09. The minimum Gasteiger partial charge on any atom is -0.463 e. The third kappa shape index (κ3) is 5.12. The number of ether oxygens (including phenoxy) is 1. The van der Waals surface area contributed by atoms with Crippen molar-refractivity contribution < 1.29 is 9.53 Å². The van der Waals surface area contributed by atoms with Crippen molar-refractivity contribution in [2.45, 2.75) is 19.1 Å². The SMILES string of the molecule is C=CC(C)C(/C=C/C(=O)OCC)SC. The lowest BCUT2D eigenvalue weighted by molar-refractivity contribution is -0.137. The normalized spacial score (nSPS) is 15.1. The van der Waals surface area contributed by atoms with Crippen LogP contribution in [0.4, 0.5) is 0 Å². The Morgan fingerprint density at radius 3 is 2.71 bits per heavy atom. The molecule has 0 aliphatic heterocycles. The predicted molar refractivity (Wildman–Crippen MR) is 62.4 cm³/mol. The topological polar surface area (TPSA) is 26.3 Å². The zero-order valence-corrected chi connectivity index (χ0v) is 9.84. The number of carbonyl (C=O) groups excluding carboxylic acids is 1. The Kier molecular flexibility index (Phi) is 7.30. The van der Waals surface area contributed by atoms with Gasteiger partial charge in [-0.05, 0) is 19.1 Å². The van der Waals surface area contributed by atoms with Crippen LogP contribution in [0.1, 0.15) is 13.8 Å². The van der Waals surface area contributed by atoms with E-state index in [4.69, 9.17) is 4.74 Å². The Morgan fingerprint density at radius 1 is 1.64 bits per heavy atom. The molecule has 0 rings (SSSR count). The molecular weight excluding hydrogens is 196 g/mol. The molecule has 0 spiro atoms. The average Bonchev–Trinajstić information content (AvgIpc) is 2.18. The molecule has 2 atom stereocenters. The maximum absolute atomic E-state index is 11.0. The number of hydrogen-bond donors (Lipinski definition) is 0. The van der Waals surface area contributed by atoms with Crippen molar-refractivity contribution in [2.24, 2.45) is 5.92 Å². The second-order valence-corrected chi connectivity index (χ2v) is 3.92. The van der Waals surface area contributed by atoms with Crippen molar-refractivity contribution in [1.29, 1.82) is 0 Å². The van der Waals surface area contributed by atoms with Crippen LogP contribution in [0.2, 0.25) is 0 Å². The van der Waals surface area contributed by atoms with Crippen LogP contribution >= 0.6 is 11.8 Å². The number of thioether (sulfide) groups is 1. The van der Waals surface area contributed by atoms with Crippen molar-refractivity contribution >= 4 is 17.7 Å². The van der Waals surface area contributed by atoms with Gasteiger partial charge < -0.3 is 4.74 Å². The zero-order chi connectivity index (χ0) is 11.0. The molecule has 0 aromatic heterocycles. The van der Waals surface area contributed by atoms with Gasteiger partial charge in [0.15, 0.2) is 0 Å². The largest absolute Gasteiger partial charge is 0.463 e. The molecule has 0 saturated carbocycles. The molecule has 2 unspecified atom stereocenters. The maximum atomic E-state index is 11.0. The van der Waals surface area contributed by atoms with Crippen LogP contribution in [0.3, 0.4) is 0 Å². The number of rotatable bonds is 6. The molecule has 0 amide bonds. The first-order valence-corrected chi connectivity index (χ1v) is 5.94. The quantitative estimate of drug-likeness (QED) is 0.386. The van der Waals surface area contributed by atoms with Crippen molar-refractivity contribution in [3.63, 3.8) is 0 Å². The van der Waals surface area contributed by atoms with Crippen LogP contribution in [0.5, 0.6) is 0 Å². The molecule has 14 heavy (non-hydrogen) atoms. The van der Waals surface area contributed by atoms with Crippen LogP contribution in [-0.4, -0.2) is 24.1 Å². The van der Waals surface area contributed by atoms with Crippen molar-refractivity contribution in [3.05, 3.63) is 24.8 Å². The molecule has 0 N–H and O–H groups in total. The number of allylic oxidation sites excluding steroid dienone is 1. The van der Waals surface area contributed by atoms with E-state index in [0.29, 0.717) is 12.5 Å². The van der Waals surface area contributed by atoms with Crippen LogP contribution in [0.25, 0.3) is 0 Å². The van der Waals surface area contributed by atoms with Gasteiger partial charge in [-0.2, -0.15) is 11.8 Å². The summed E-state index contributed by atoms with van der Waals surface area (Å²) in [5.41, 5.74) is 0. The fraction of sp³-hybridized carbons (Fsp3) is 0.545. The molecule has 0 saturated heterocycles. The van der Waals surface area contributed by atoms with Crippen molar-refractivity contribution in [2.75, 3.05) is 12.9 Å². The molecule has 0 aromatic carbocycles. The van der Waals surface area contributed by atoms with Gasteiger partial charge >= 0.3 is 5.97 Å². The van der Waals surface area contributed by atoms with E-state index in [9.17, 15) is 4.79 Å². The predicted octanol–water partition coefficient (Wildman–Crippen LogP) is 2.66. The smallest absolute Gasteiger partial charge is 0.330 e. The number of carbonyl (C=O) groups is 1. The molecule has 0 radical (unpaired) electrons. The van der Waals surface area contributed by atoms with E-state index in [0.717, 1.165) is 0 Å². The third-order valence-corrected chi connectivity index (χ3v) is 3.00. The number of esters is 1. The minimum atomic E-state index is -0.275. The van der Waals surface area contributed by atoms with Gasteiger partial charge in [0.05, 0.1) is 6.61 Å². The van der Waals surface area contributed by atoms with Crippen molar-refractivity contribution in [3.8, 4) is 0 Å². The molecule has 0 fully saturated rings. The van der Waals surface area contributed by atoms with Gasteiger partial charge in [0, 0.05) is 11.3 Å². The Bertz CT molecular complexity index is 211. The summed E-state index contributed by atoms with van der Waals surface area (Å²) in [5.74, 6) is 0.0819. The van der Waals surface area contributed by atoms with E-state index in [1.165, 1.54) is 6.08 Å². The summed E-state index contributed by atoms with van der Waals surface area (Å²) in [6.07, 6.45) is 7.26. The van der Waals surface area contributed by atoms with Gasteiger partial charge in [0.25, 0.3) is 0 Å². The molecule has 2 nitrogen and oxygen atoms in total. The molecule has 0 aromatic rings. The summed E-state index contributed by atoms with van der Waals surface area (Å²) in [6, 6.07) is 0. The molecule has 0 bridgehead atoms. The maximum Gasteiger partial charge on any atom is 0.330 e. The van der Waals surface area contributed by atoms with E-state index < -0.39 is 0 Å². The molecular formula is C11H18O2S. The second kappa shape index (κ2) is 7.68. The van der Waals surface area contributed by atoms with E-state index in [2.05, 4.69) is 13.5 Å². The standard InChI is InChI=1S/C11H18O2S/c1-5-9(3)10(14-4)7-8-11(12)13-6-2/h5,7-10H,1,6H2,2-4H3/b8-7+. The fourth-order valence-electron chi connectivity index (χ4n) is 0.966. The van der Waals surface area contributed by atoms with Crippen LogP contribution in [-0.2, 0) is 9.53 Å². The van der Waals surface area contributed by atoms with E-state index >= 15 is 0 Å². The summed E-state index contributed by atoms with van der Waals surface area (Å²) < 4.78 is 4.79. The Morgan fingerprint density at radius 2 is 2.29 bits per heavy atom. The highest BCUT2D eigenvalue weighted by molar-refractivity contribution is 7.99. The summed E-state index contributed by atoms with van der Waals surface area (Å²) in [7, 11) is 0. The highest BCUT2D eigenvalue weighted by Crippen LogP contribution is 2.19. The first-order chi connectivity index (χ1) is 6.65. The highest BCUT2D eigenvalue weighted by Gasteiger charge is 2.09. The molecule has 80 valence electrons. The van der Waals surface area contributed by atoms with E-state index in [1.807, 2.05) is 18.4 Å². The van der Waals surface area contributed by atoms with Gasteiger partial charge in [-0.25, -0.2) is 4.79 Å².